The molecule has 3 rings (SSSR count). The van der Waals surface area contributed by atoms with Gasteiger partial charge in [0.2, 0.25) is 11.9 Å². The maximum atomic E-state index is 9.40. The van der Waals surface area contributed by atoms with E-state index in [-0.39, 0.29) is 23.3 Å². The lowest BCUT2D eigenvalue weighted by Gasteiger charge is -2.06. The molecule has 7 heteroatoms. The molecule has 0 radical (unpaired) electrons. The lowest BCUT2D eigenvalue weighted by atomic mass is 10.2. The minimum absolute atomic E-state index is 0.0233. The van der Waals surface area contributed by atoms with Crippen LogP contribution in [0.2, 0.25) is 0 Å². The second kappa shape index (κ2) is 6.62. The topological polar surface area (TPSA) is 114 Å². The molecule has 2 aromatic heterocycles. The van der Waals surface area contributed by atoms with Crippen molar-refractivity contribution < 1.29 is 4.42 Å². The van der Waals surface area contributed by atoms with Gasteiger partial charge in [-0.25, -0.2) is 0 Å². The molecule has 0 atom stereocenters. The zero-order valence-corrected chi connectivity index (χ0v) is 12.9. The maximum Gasteiger partial charge on any atom is 0.232 e. The van der Waals surface area contributed by atoms with E-state index in [0.29, 0.717) is 5.76 Å². The van der Waals surface area contributed by atoms with E-state index in [4.69, 9.17) is 10.2 Å². The first-order chi connectivity index (χ1) is 11.6. The number of hydrogen-bond acceptors (Lipinski definition) is 7. The number of furan rings is 1. The number of nitrogens with zero attached hydrogens (tertiary/aromatic N) is 4. The monoisotopic (exact) mass is 318 g/mol. The Morgan fingerprint density at radius 2 is 1.96 bits per heavy atom. The van der Waals surface area contributed by atoms with Crippen molar-refractivity contribution in [3.05, 3.63) is 59.8 Å². The van der Waals surface area contributed by atoms with Gasteiger partial charge in [-0.15, -0.1) is 0 Å². The van der Waals surface area contributed by atoms with Gasteiger partial charge >= 0.3 is 0 Å². The van der Waals surface area contributed by atoms with Gasteiger partial charge in [0.1, 0.15) is 23.2 Å². The van der Waals surface area contributed by atoms with E-state index in [2.05, 4.69) is 26.3 Å². The van der Waals surface area contributed by atoms with Crippen LogP contribution in [0.4, 0.5) is 17.6 Å². The standard InChI is InChI=1S/C17H14N6O/c1-11-7-8-14(24-11)9-12(10-18)15-21-16(19)23-17(22-15)20-13-5-3-2-4-6-13/h2-9H,1H3,(H3,19,20,21,22,23). The van der Waals surface area contributed by atoms with Crippen LogP contribution in [0.15, 0.2) is 46.9 Å². The first-order valence-corrected chi connectivity index (χ1v) is 7.16. The van der Waals surface area contributed by atoms with Gasteiger partial charge in [0.25, 0.3) is 0 Å². The third kappa shape index (κ3) is 3.56. The molecule has 3 N–H and O–H groups in total. The van der Waals surface area contributed by atoms with Gasteiger partial charge in [0.15, 0.2) is 5.82 Å². The smallest absolute Gasteiger partial charge is 0.232 e. The number of nitrogen functional groups attached to an aromatic ring is 1. The molecule has 0 unspecified atom stereocenters. The summed E-state index contributed by atoms with van der Waals surface area (Å²) in [4.78, 5) is 12.3. The fourth-order valence-corrected chi connectivity index (χ4v) is 2.04. The average Bonchev–Trinajstić information content (AvgIpc) is 2.98. The van der Waals surface area contributed by atoms with Gasteiger partial charge in [-0.05, 0) is 31.2 Å². The minimum Gasteiger partial charge on any atom is -0.462 e. The molecule has 2 heterocycles. The Labute approximate surface area is 138 Å². The molecule has 118 valence electrons. The molecule has 0 spiro atoms. The van der Waals surface area contributed by atoms with Crippen LogP contribution in [0.3, 0.4) is 0 Å². The Hall–Kier alpha value is -3.66. The van der Waals surface area contributed by atoms with E-state index in [1.54, 1.807) is 12.1 Å². The highest BCUT2D eigenvalue weighted by atomic mass is 16.3. The summed E-state index contributed by atoms with van der Waals surface area (Å²) in [6, 6.07) is 15.0. The van der Waals surface area contributed by atoms with Crippen LogP contribution < -0.4 is 11.1 Å². The number of anilines is 3. The second-order valence-corrected chi connectivity index (χ2v) is 4.95. The summed E-state index contributed by atoms with van der Waals surface area (Å²) < 4.78 is 5.45. The Kier molecular flexibility index (Phi) is 4.21. The molecule has 0 aliphatic carbocycles. The predicted octanol–water partition coefficient (Wildman–Crippen LogP) is 3.16. The van der Waals surface area contributed by atoms with E-state index >= 15 is 0 Å². The van der Waals surface area contributed by atoms with Crippen molar-refractivity contribution in [2.45, 2.75) is 6.92 Å². The summed E-state index contributed by atoms with van der Waals surface area (Å²) in [6.45, 7) is 1.83. The predicted molar refractivity (Wildman–Crippen MR) is 90.9 cm³/mol. The lowest BCUT2D eigenvalue weighted by molar-refractivity contribution is 0.525. The van der Waals surface area contributed by atoms with Gasteiger partial charge in [-0.3, -0.25) is 0 Å². The Morgan fingerprint density at radius 3 is 2.62 bits per heavy atom. The summed E-state index contributed by atoms with van der Waals surface area (Å²) in [7, 11) is 0. The van der Waals surface area contributed by atoms with Crippen LogP contribution in [0.5, 0.6) is 0 Å². The fourth-order valence-electron chi connectivity index (χ4n) is 2.04. The number of nitrogens with one attached hydrogen (secondary N) is 1. The first-order valence-electron chi connectivity index (χ1n) is 7.16. The molecule has 3 aromatic rings. The van der Waals surface area contributed by atoms with Crippen LogP contribution in [0.1, 0.15) is 17.3 Å². The number of hydrogen-bond donors (Lipinski definition) is 2. The molecular formula is C17H14N6O. The van der Waals surface area contributed by atoms with Crippen molar-refractivity contribution in [2.24, 2.45) is 0 Å². The third-order valence-corrected chi connectivity index (χ3v) is 3.09. The van der Waals surface area contributed by atoms with Gasteiger partial charge in [-0.1, -0.05) is 18.2 Å². The molecule has 7 nitrogen and oxygen atoms in total. The van der Waals surface area contributed by atoms with Crippen LogP contribution >= 0.6 is 0 Å². The summed E-state index contributed by atoms with van der Waals surface area (Å²) >= 11 is 0. The summed E-state index contributed by atoms with van der Waals surface area (Å²) in [5.41, 5.74) is 6.78. The van der Waals surface area contributed by atoms with E-state index in [1.165, 1.54) is 0 Å². The van der Waals surface area contributed by atoms with Gasteiger partial charge < -0.3 is 15.5 Å². The third-order valence-electron chi connectivity index (χ3n) is 3.09. The number of benzene rings is 1. The number of rotatable bonds is 4. The van der Waals surface area contributed by atoms with Crippen molar-refractivity contribution in [3.8, 4) is 6.07 Å². The Morgan fingerprint density at radius 1 is 1.17 bits per heavy atom. The fraction of sp³-hybridized carbons (Fsp3) is 0.0588. The second-order valence-electron chi connectivity index (χ2n) is 4.95. The first kappa shape index (κ1) is 15.2. The van der Waals surface area contributed by atoms with Crippen LogP contribution in [0.25, 0.3) is 11.6 Å². The highest BCUT2D eigenvalue weighted by Gasteiger charge is 2.11. The van der Waals surface area contributed by atoms with Crippen molar-refractivity contribution in [2.75, 3.05) is 11.1 Å². The van der Waals surface area contributed by atoms with Gasteiger partial charge in [-0.2, -0.15) is 20.2 Å². The molecule has 0 aliphatic rings. The molecule has 0 saturated carbocycles. The van der Waals surface area contributed by atoms with Crippen LogP contribution in [-0.4, -0.2) is 15.0 Å². The number of para-hydroxylation sites is 1. The minimum atomic E-state index is 0.0233. The van der Waals surface area contributed by atoms with Crippen molar-refractivity contribution >= 4 is 29.2 Å². The molecule has 0 saturated heterocycles. The number of aromatic nitrogens is 3. The Bertz CT molecular complexity index is 924. The zero-order chi connectivity index (χ0) is 16.9. The van der Waals surface area contributed by atoms with E-state index in [0.717, 1.165) is 11.4 Å². The van der Waals surface area contributed by atoms with E-state index in [9.17, 15) is 5.26 Å². The van der Waals surface area contributed by atoms with Gasteiger partial charge in [0, 0.05) is 11.8 Å². The van der Waals surface area contributed by atoms with Crippen LogP contribution in [0, 0.1) is 18.3 Å². The quantitative estimate of drug-likeness (QED) is 0.710. The molecule has 1 aromatic carbocycles. The molecule has 24 heavy (non-hydrogen) atoms. The normalized spacial score (nSPS) is 11.1. The molecule has 0 fully saturated rings. The molecule has 0 aliphatic heterocycles. The highest BCUT2D eigenvalue weighted by molar-refractivity contribution is 5.86. The van der Waals surface area contributed by atoms with Gasteiger partial charge in [0.05, 0.1) is 0 Å². The molecular weight excluding hydrogens is 304 g/mol. The van der Waals surface area contributed by atoms with Crippen molar-refractivity contribution in [1.29, 1.82) is 5.26 Å². The average molecular weight is 318 g/mol. The SMILES string of the molecule is Cc1ccc(C=C(C#N)c2nc(N)nc(Nc3ccccc3)n2)o1. The molecule has 0 amide bonds. The van der Waals surface area contributed by atoms with E-state index < -0.39 is 0 Å². The number of allylic oxidation sites excluding steroid dienone is 1. The number of nitrogens with two attached hydrogens (primary N) is 1. The van der Waals surface area contributed by atoms with Crippen molar-refractivity contribution in [1.82, 2.24) is 15.0 Å². The lowest BCUT2D eigenvalue weighted by Crippen LogP contribution is -2.06. The number of nitriles is 1. The summed E-state index contributed by atoms with van der Waals surface area (Å²) in [5.74, 6) is 1.76. The maximum absolute atomic E-state index is 9.40. The van der Waals surface area contributed by atoms with Crippen LogP contribution in [-0.2, 0) is 0 Å². The molecule has 0 bridgehead atoms. The van der Waals surface area contributed by atoms with Crippen molar-refractivity contribution in [3.63, 3.8) is 0 Å². The summed E-state index contributed by atoms with van der Waals surface area (Å²) in [6.07, 6.45) is 1.56. The van der Waals surface area contributed by atoms with E-state index in [1.807, 2.05) is 43.3 Å². The number of aryl methyl sites for hydroxylation is 1. The Balaban J connectivity index is 1.95. The zero-order valence-electron chi connectivity index (χ0n) is 12.9. The summed E-state index contributed by atoms with van der Waals surface area (Å²) in [5, 5.41) is 12.4. The highest BCUT2D eigenvalue weighted by Crippen LogP contribution is 2.19. The largest absolute Gasteiger partial charge is 0.462 e.